The number of halogens is 2. The van der Waals surface area contributed by atoms with Gasteiger partial charge >= 0.3 is 5.69 Å². The van der Waals surface area contributed by atoms with Gasteiger partial charge in [0.05, 0.1) is 12.6 Å². The summed E-state index contributed by atoms with van der Waals surface area (Å²) in [4.78, 5) is 34.1. The number of rotatable bonds is 4. The third kappa shape index (κ3) is 3.85. The highest BCUT2D eigenvalue weighted by Crippen LogP contribution is 2.47. The Morgan fingerprint density at radius 2 is 2.06 bits per heavy atom. The van der Waals surface area contributed by atoms with Crippen molar-refractivity contribution in [3.63, 3.8) is 0 Å². The van der Waals surface area contributed by atoms with Crippen LogP contribution in [0.1, 0.15) is 6.92 Å². The molecule has 0 aliphatic carbocycles. The van der Waals surface area contributed by atoms with Crippen LogP contribution in [0.15, 0.2) is 46.6 Å². The number of piperazine rings is 1. The van der Waals surface area contributed by atoms with Crippen LogP contribution in [0.5, 0.6) is 5.75 Å². The smallest absolute Gasteiger partial charge is 0.350 e. The molecule has 2 aliphatic rings. The molecule has 0 radical (unpaired) electrons. The van der Waals surface area contributed by atoms with Crippen molar-refractivity contribution >= 4 is 34.4 Å². The zero-order chi connectivity index (χ0) is 24.9. The number of methoxy groups -OCH3 is 1. The molecular formula is C25H24F2N4O3S. The van der Waals surface area contributed by atoms with Crippen molar-refractivity contribution in [3.8, 4) is 16.9 Å². The molecule has 0 bridgehead atoms. The highest BCUT2D eigenvalue weighted by Gasteiger charge is 2.32. The topological polar surface area (TPSA) is 67.7 Å². The standard InChI is InChI=1S/C25H24F2N4O3S/c1-4-20(32)29-7-8-30(14(2)13-29)24-17-12-19(34-3)21(16-6-5-15(26)11-18(16)27)23-22(17)31(9-10-35-23)25(33)28-24/h4-6,11-12,14H,1,7-10,13H2,2-3H3/t14-/m0/s1. The Morgan fingerprint density at radius 3 is 2.74 bits per heavy atom. The molecule has 3 heterocycles. The third-order valence-corrected chi connectivity index (χ3v) is 7.60. The number of thioether (sulfide) groups is 1. The number of aromatic nitrogens is 2. The lowest BCUT2D eigenvalue weighted by Crippen LogP contribution is -2.54. The van der Waals surface area contributed by atoms with Gasteiger partial charge in [0.1, 0.15) is 23.2 Å². The van der Waals surface area contributed by atoms with Gasteiger partial charge in [-0.15, -0.1) is 11.8 Å². The Balaban J connectivity index is 1.74. The van der Waals surface area contributed by atoms with Gasteiger partial charge in [-0.1, -0.05) is 6.58 Å². The second-order valence-corrected chi connectivity index (χ2v) is 9.66. The first-order chi connectivity index (χ1) is 16.8. The molecule has 35 heavy (non-hydrogen) atoms. The van der Waals surface area contributed by atoms with E-state index in [1.807, 2.05) is 11.8 Å². The van der Waals surface area contributed by atoms with E-state index >= 15 is 0 Å². The van der Waals surface area contributed by atoms with Crippen LogP contribution in [0.3, 0.4) is 0 Å². The quantitative estimate of drug-likeness (QED) is 0.512. The number of carbonyl (C=O) groups is 1. The van der Waals surface area contributed by atoms with E-state index in [-0.39, 0.29) is 23.2 Å². The summed E-state index contributed by atoms with van der Waals surface area (Å²) in [6, 6.07) is 5.12. The van der Waals surface area contributed by atoms with Gasteiger partial charge in [0.25, 0.3) is 0 Å². The van der Waals surface area contributed by atoms with E-state index in [9.17, 15) is 18.4 Å². The molecule has 0 N–H and O–H groups in total. The van der Waals surface area contributed by atoms with Gasteiger partial charge in [-0.05, 0) is 31.2 Å². The molecule has 0 unspecified atom stereocenters. The van der Waals surface area contributed by atoms with Crippen molar-refractivity contribution in [3.05, 3.63) is 59.0 Å². The number of aryl methyl sites for hydroxylation is 1. The van der Waals surface area contributed by atoms with Crippen LogP contribution in [0.25, 0.3) is 22.0 Å². The van der Waals surface area contributed by atoms with E-state index in [2.05, 4.69) is 11.6 Å². The maximum atomic E-state index is 14.9. The van der Waals surface area contributed by atoms with Crippen LogP contribution in [-0.4, -0.2) is 58.9 Å². The largest absolute Gasteiger partial charge is 0.496 e. The lowest BCUT2D eigenvalue weighted by Gasteiger charge is -2.40. The lowest BCUT2D eigenvalue weighted by molar-refractivity contribution is -0.126. The zero-order valence-electron chi connectivity index (χ0n) is 19.4. The summed E-state index contributed by atoms with van der Waals surface area (Å²) in [5.41, 5.74) is 0.966. The van der Waals surface area contributed by atoms with Gasteiger partial charge in [-0.25, -0.2) is 13.6 Å². The van der Waals surface area contributed by atoms with Gasteiger partial charge in [-0.2, -0.15) is 4.98 Å². The predicted molar refractivity (Wildman–Crippen MR) is 132 cm³/mol. The fourth-order valence-corrected chi connectivity index (χ4v) is 6.07. The van der Waals surface area contributed by atoms with Crippen molar-refractivity contribution in [2.45, 2.75) is 24.4 Å². The first-order valence-electron chi connectivity index (χ1n) is 11.3. The Bertz CT molecular complexity index is 1420. The normalized spacial score (nSPS) is 17.5. The van der Waals surface area contributed by atoms with Crippen LogP contribution in [-0.2, 0) is 11.3 Å². The molecule has 3 aromatic rings. The Morgan fingerprint density at radius 1 is 1.26 bits per heavy atom. The number of nitrogens with zero attached hydrogens (tertiary/aromatic N) is 4. The van der Waals surface area contributed by atoms with Gasteiger partial charge in [0, 0.05) is 65.4 Å². The Labute approximate surface area is 205 Å². The lowest BCUT2D eigenvalue weighted by atomic mass is 10.0. The highest BCUT2D eigenvalue weighted by atomic mass is 32.2. The monoisotopic (exact) mass is 498 g/mol. The molecule has 1 aromatic heterocycles. The average Bonchev–Trinajstić information content (AvgIpc) is 2.85. The van der Waals surface area contributed by atoms with Crippen molar-refractivity contribution in [2.75, 3.05) is 37.4 Å². The van der Waals surface area contributed by atoms with Gasteiger partial charge < -0.3 is 14.5 Å². The minimum absolute atomic E-state index is 0.0992. The summed E-state index contributed by atoms with van der Waals surface area (Å²) in [5, 5.41) is 0.713. The molecule has 1 fully saturated rings. The average molecular weight is 499 g/mol. The Hall–Kier alpha value is -3.40. The molecule has 5 rings (SSSR count). The van der Waals surface area contributed by atoms with Crippen LogP contribution in [0.4, 0.5) is 14.6 Å². The number of anilines is 1. The van der Waals surface area contributed by atoms with Crippen molar-refractivity contribution in [2.24, 2.45) is 0 Å². The van der Waals surface area contributed by atoms with Crippen molar-refractivity contribution in [1.29, 1.82) is 0 Å². The van der Waals surface area contributed by atoms with E-state index in [1.54, 1.807) is 15.5 Å². The van der Waals surface area contributed by atoms with Crippen molar-refractivity contribution in [1.82, 2.24) is 14.5 Å². The molecule has 0 saturated carbocycles. The number of benzene rings is 2. The van der Waals surface area contributed by atoms with Gasteiger partial charge in [0.15, 0.2) is 0 Å². The summed E-state index contributed by atoms with van der Waals surface area (Å²) in [6.07, 6.45) is 1.30. The first kappa shape index (κ1) is 23.3. The molecule has 1 amide bonds. The maximum absolute atomic E-state index is 14.9. The zero-order valence-corrected chi connectivity index (χ0v) is 20.2. The summed E-state index contributed by atoms with van der Waals surface area (Å²) in [5.74, 6) is 0.0145. The predicted octanol–water partition coefficient (Wildman–Crippen LogP) is 3.68. The van der Waals surface area contributed by atoms with Crippen LogP contribution < -0.4 is 15.3 Å². The maximum Gasteiger partial charge on any atom is 0.350 e. The number of hydrogen-bond donors (Lipinski definition) is 0. The fourth-order valence-electron chi connectivity index (χ4n) is 4.89. The summed E-state index contributed by atoms with van der Waals surface area (Å²) >= 11 is 1.51. The number of amides is 1. The number of carbonyl (C=O) groups excluding carboxylic acids is 1. The fraction of sp³-hybridized carbons (Fsp3) is 0.320. The molecule has 2 aromatic carbocycles. The Kier molecular flexibility index (Phi) is 6.00. The molecule has 10 heteroatoms. The summed E-state index contributed by atoms with van der Waals surface area (Å²) in [7, 11) is 1.50. The van der Waals surface area contributed by atoms with E-state index < -0.39 is 11.6 Å². The summed E-state index contributed by atoms with van der Waals surface area (Å²) < 4.78 is 35.8. The summed E-state index contributed by atoms with van der Waals surface area (Å²) in [6.45, 7) is 7.44. The van der Waals surface area contributed by atoms with E-state index in [0.29, 0.717) is 64.9 Å². The third-order valence-electron chi connectivity index (χ3n) is 6.53. The van der Waals surface area contributed by atoms with E-state index in [0.717, 1.165) is 6.07 Å². The second-order valence-electron chi connectivity index (χ2n) is 8.55. The molecular weight excluding hydrogens is 474 g/mol. The van der Waals surface area contributed by atoms with Gasteiger partial charge in [0.2, 0.25) is 5.91 Å². The molecule has 0 spiro atoms. The number of hydrogen-bond acceptors (Lipinski definition) is 6. The first-order valence-corrected chi connectivity index (χ1v) is 12.2. The van der Waals surface area contributed by atoms with E-state index in [1.165, 1.54) is 37.1 Å². The number of ether oxygens (including phenoxy) is 1. The molecule has 1 saturated heterocycles. The molecule has 2 aliphatic heterocycles. The van der Waals surface area contributed by atoms with Crippen LogP contribution >= 0.6 is 11.8 Å². The minimum Gasteiger partial charge on any atom is -0.496 e. The van der Waals surface area contributed by atoms with Crippen LogP contribution in [0.2, 0.25) is 0 Å². The minimum atomic E-state index is -0.704. The molecule has 7 nitrogen and oxygen atoms in total. The second kappa shape index (κ2) is 8.99. The molecule has 1 atom stereocenters. The van der Waals surface area contributed by atoms with Crippen molar-refractivity contribution < 1.29 is 18.3 Å². The van der Waals surface area contributed by atoms with Crippen LogP contribution in [0, 0.1) is 11.6 Å². The van der Waals surface area contributed by atoms with Gasteiger partial charge in [-0.3, -0.25) is 9.36 Å². The molecule has 182 valence electrons. The SMILES string of the molecule is C=CC(=O)N1CCN(c2nc(=O)n3c4c(c(-c5ccc(F)cc5F)c(OC)cc24)SCC3)[C@@H](C)C1. The highest BCUT2D eigenvalue weighted by molar-refractivity contribution is 7.99. The van der Waals surface area contributed by atoms with E-state index in [4.69, 9.17) is 4.74 Å².